The van der Waals surface area contributed by atoms with Gasteiger partial charge in [-0.3, -0.25) is 0 Å². The van der Waals surface area contributed by atoms with Crippen molar-refractivity contribution < 1.29 is 17.6 Å². The predicted octanol–water partition coefficient (Wildman–Crippen LogP) is 3.82. The summed E-state index contributed by atoms with van der Waals surface area (Å²) in [5.41, 5.74) is 5.52. The molecule has 0 aliphatic heterocycles. The number of alkyl halides is 3. The number of hydrogen-bond donors (Lipinski definition) is 1. The van der Waals surface area contributed by atoms with E-state index < -0.39 is 24.5 Å². The Morgan fingerprint density at radius 3 is 2.44 bits per heavy atom. The third-order valence-electron chi connectivity index (χ3n) is 2.10. The van der Waals surface area contributed by atoms with Crippen LogP contribution < -0.4 is 5.73 Å². The van der Waals surface area contributed by atoms with Crippen molar-refractivity contribution in [2.45, 2.75) is 25.1 Å². The van der Waals surface area contributed by atoms with E-state index in [4.69, 9.17) is 17.3 Å². The van der Waals surface area contributed by atoms with Crippen molar-refractivity contribution in [1.29, 1.82) is 0 Å². The maximum atomic E-state index is 13.3. The second-order valence-corrected chi connectivity index (χ2v) is 3.86. The molecular weight excluding hydrogens is 246 g/mol. The summed E-state index contributed by atoms with van der Waals surface area (Å²) >= 11 is 5.51. The van der Waals surface area contributed by atoms with Gasteiger partial charge in [0.25, 0.3) is 0 Å². The highest BCUT2D eigenvalue weighted by Crippen LogP contribution is 2.28. The van der Waals surface area contributed by atoms with Crippen molar-refractivity contribution >= 4 is 11.6 Å². The smallest absolute Gasteiger partial charge is 0.324 e. The molecule has 0 saturated carbocycles. The first-order valence-corrected chi connectivity index (χ1v) is 4.94. The van der Waals surface area contributed by atoms with Crippen molar-refractivity contribution in [3.8, 4) is 0 Å². The normalized spacial score (nSPS) is 13.9. The van der Waals surface area contributed by atoms with Gasteiger partial charge in [0.15, 0.2) is 0 Å². The van der Waals surface area contributed by atoms with Crippen molar-refractivity contribution in [2.24, 2.45) is 5.73 Å². The Hall–Kier alpha value is -0.810. The van der Waals surface area contributed by atoms with Gasteiger partial charge in [-0.05, 0) is 18.6 Å². The molecule has 1 rings (SSSR count). The quantitative estimate of drug-likeness (QED) is 0.817. The van der Waals surface area contributed by atoms with E-state index >= 15 is 0 Å². The summed E-state index contributed by atoms with van der Waals surface area (Å²) in [5, 5.41) is 0.185. The number of benzene rings is 1. The van der Waals surface area contributed by atoms with Gasteiger partial charge in [0, 0.05) is 23.0 Å². The van der Waals surface area contributed by atoms with Crippen LogP contribution in [0.15, 0.2) is 18.2 Å². The highest BCUT2D eigenvalue weighted by Gasteiger charge is 2.28. The van der Waals surface area contributed by atoms with Crippen LogP contribution in [0.3, 0.4) is 0 Å². The fourth-order valence-electron chi connectivity index (χ4n) is 1.28. The number of nitrogens with two attached hydrogens (primary N) is 1. The lowest BCUT2D eigenvalue weighted by molar-refractivity contribution is -0.136. The number of rotatable bonds is 3. The molecule has 0 bridgehead atoms. The van der Waals surface area contributed by atoms with Gasteiger partial charge in [0.2, 0.25) is 0 Å². The van der Waals surface area contributed by atoms with E-state index in [1.54, 1.807) is 0 Å². The van der Waals surface area contributed by atoms with Crippen LogP contribution in [0.2, 0.25) is 5.02 Å². The molecule has 2 N–H and O–H groups in total. The van der Waals surface area contributed by atoms with Crippen LogP contribution in [0, 0.1) is 5.82 Å². The molecule has 90 valence electrons. The fraction of sp³-hybridized carbons (Fsp3) is 0.400. The van der Waals surface area contributed by atoms with Gasteiger partial charge in [-0.15, -0.1) is 0 Å². The molecule has 0 aliphatic carbocycles. The second kappa shape index (κ2) is 5.01. The molecule has 0 fully saturated rings. The Morgan fingerprint density at radius 1 is 1.31 bits per heavy atom. The summed E-state index contributed by atoms with van der Waals surface area (Å²) in [4.78, 5) is 0. The van der Waals surface area contributed by atoms with E-state index in [2.05, 4.69) is 0 Å². The molecule has 16 heavy (non-hydrogen) atoms. The van der Waals surface area contributed by atoms with Gasteiger partial charge in [0.1, 0.15) is 5.82 Å². The van der Waals surface area contributed by atoms with E-state index in [0.717, 1.165) is 6.07 Å². The van der Waals surface area contributed by atoms with E-state index in [1.807, 2.05) is 0 Å². The van der Waals surface area contributed by atoms with Crippen molar-refractivity contribution in [2.75, 3.05) is 0 Å². The second-order valence-electron chi connectivity index (χ2n) is 3.43. The molecule has 0 aromatic heterocycles. The lowest BCUT2D eigenvalue weighted by Crippen LogP contribution is -2.16. The monoisotopic (exact) mass is 255 g/mol. The molecular formula is C10H10ClF4N. The molecule has 1 atom stereocenters. The summed E-state index contributed by atoms with van der Waals surface area (Å²) in [6.07, 6.45) is -5.65. The van der Waals surface area contributed by atoms with Gasteiger partial charge >= 0.3 is 6.18 Å². The molecule has 0 heterocycles. The largest absolute Gasteiger partial charge is 0.389 e. The summed E-state index contributed by atoms with van der Waals surface area (Å²) in [5.74, 6) is -0.679. The SMILES string of the molecule is N[C@H](CCC(F)(F)F)c1ccc(Cl)cc1F. The zero-order chi connectivity index (χ0) is 12.3. The Balaban J connectivity index is 2.70. The van der Waals surface area contributed by atoms with E-state index in [-0.39, 0.29) is 17.0 Å². The lowest BCUT2D eigenvalue weighted by Gasteiger charge is -2.14. The fourth-order valence-corrected chi connectivity index (χ4v) is 1.44. The van der Waals surface area contributed by atoms with Gasteiger partial charge in [-0.1, -0.05) is 17.7 Å². The molecule has 0 spiro atoms. The Bertz CT molecular complexity index is 364. The molecule has 0 saturated heterocycles. The lowest BCUT2D eigenvalue weighted by atomic mass is 10.0. The van der Waals surface area contributed by atoms with Crippen LogP contribution >= 0.6 is 11.6 Å². The average Bonchev–Trinajstić information content (AvgIpc) is 2.13. The molecule has 0 unspecified atom stereocenters. The van der Waals surface area contributed by atoms with Gasteiger partial charge in [-0.25, -0.2) is 4.39 Å². The van der Waals surface area contributed by atoms with E-state index in [0.29, 0.717) is 0 Å². The zero-order valence-corrected chi connectivity index (χ0v) is 8.95. The van der Waals surface area contributed by atoms with E-state index in [1.165, 1.54) is 12.1 Å². The molecule has 0 amide bonds. The predicted molar refractivity (Wildman–Crippen MR) is 53.6 cm³/mol. The Labute approximate surface area is 95.2 Å². The topological polar surface area (TPSA) is 26.0 Å². The molecule has 0 radical (unpaired) electrons. The van der Waals surface area contributed by atoms with Crippen molar-refractivity contribution in [3.63, 3.8) is 0 Å². The highest BCUT2D eigenvalue weighted by atomic mass is 35.5. The first-order chi connectivity index (χ1) is 7.29. The Kier molecular flexibility index (Phi) is 4.15. The standard InChI is InChI=1S/C10H10ClF4N/c11-6-1-2-7(8(12)5-6)9(16)3-4-10(13,14)15/h1-2,5,9H,3-4,16H2/t9-/m1/s1. The maximum absolute atomic E-state index is 13.3. The minimum atomic E-state index is -4.28. The summed E-state index contributed by atoms with van der Waals surface area (Å²) in [6, 6.07) is 2.76. The van der Waals surface area contributed by atoms with Crippen LogP contribution in [-0.2, 0) is 0 Å². The summed E-state index contributed by atoms with van der Waals surface area (Å²) in [6.45, 7) is 0. The van der Waals surface area contributed by atoms with Crippen LogP contribution in [-0.4, -0.2) is 6.18 Å². The molecule has 1 nitrogen and oxygen atoms in total. The van der Waals surface area contributed by atoms with Crippen molar-refractivity contribution in [3.05, 3.63) is 34.6 Å². The third-order valence-corrected chi connectivity index (χ3v) is 2.34. The molecule has 1 aromatic rings. The van der Waals surface area contributed by atoms with Crippen molar-refractivity contribution in [1.82, 2.24) is 0 Å². The minimum Gasteiger partial charge on any atom is -0.324 e. The molecule has 1 aromatic carbocycles. The van der Waals surface area contributed by atoms with Gasteiger partial charge < -0.3 is 5.73 Å². The van der Waals surface area contributed by atoms with Crippen LogP contribution in [0.25, 0.3) is 0 Å². The minimum absolute atomic E-state index is 0.0497. The zero-order valence-electron chi connectivity index (χ0n) is 8.19. The first-order valence-electron chi connectivity index (χ1n) is 4.57. The first kappa shape index (κ1) is 13.3. The molecule has 6 heteroatoms. The summed E-state index contributed by atoms with van der Waals surface area (Å²) in [7, 11) is 0. The summed E-state index contributed by atoms with van der Waals surface area (Å²) < 4.78 is 49.1. The average molecular weight is 256 g/mol. The van der Waals surface area contributed by atoms with Crippen LogP contribution in [0.4, 0.5) is 17.6 Å². The van der Waals surface area contributed by atoms with Crippen LogP contribution in [0.1, 0.15) is 24.4 Å². The van der Waals surface area contributed by atoms with Crippen LogP contribution in [0.5, 0.6) is 0 Å². The number of halogens is 5. The van der Waals surface area contributed by atoms with E-state index in [9.17, 15) is 17.6 Å². The molecule has 0 aliphatic rings. The van der Waals surface area contributed by atoms with Gasteiger partial charge in [-0.2, -0.15) is 13.2 Å². The maximum Gasteiger partial charge on any atom is 0.389 e. The number of hydrogen-bond acceptors (Lipinski definition) is 1. The third kappa shape index (κ3) is 3.98. The highest BCUT2D eigenvalue weighted by molar-refractivity contribution is 6.30. The Morgan fingerprint density at radius 2 is 1.94 bits per heavy atom. The van der Waals surface area contributed by atoms with Gasteiger partial charge in [0.05, 0.1) is 0 Å².